The molecule has 1 aliphatic rings. The van der Waals surface area contributed by atoms with E-state index in [2.05, 4.69) is 0 Å². The van der Waals surface area contributed by atoms with Crippen molar-refractivity contribution in [2.24, 2.45) is 0 Å². The number of benzene rings is 1. The molecule has 0 saturated carbocycles. The second kappa shape index (κ2) is 4.61. The number of rotatable bonds is 4. The zero-order valence-corrected chi connectivity index (χ0v) is 9.53. The molecule has 0 fully saturated rings. The SMILES string of the molecule is COc1cc2c(cc1CC[C@H](C)O)OCO2. The van der Waals surface area contributed by atoms with Gasteiger partial charge in [0.15, 0.2) is 11.5 Å². The van der Waals surface area contributed by atoms with E-state index in [0.29, 0.717) is 6.42 Å². The number of hydrogen-bond acceptors (Lipinski definition) is 4. The summed E-state index contributed by atoms with van der Waals surface area (Å²) in [7, 11) is 1.63. The second-order valence-electron chi connectivity index (χ2n) is 3.91. The van der Waals surface area contributed by atoms with Gasteiger partial charge in [0.25, 0.3) is 0 Å². The van der Waals surface area contributed by atoms with Gasteiger partial charge in [0.2, 0.25) is 6.79 Å². The van der Waals surface area contributed by atoms with Gasteiger partial charge in [-0.3, -0.25) is 0 Å². The zero-order valence-electron chi connectivity index (χ0n) is 9.53. The van der Waals surface area contributed by atoms with E-state index in [1.807, 2.05) is 12.1 Å². The molecular formula is C12H16O4. The summed E-state index contributed by atoms with van der Waals surface area (Å²) < 4.78 is 15.9. The largest absolute Gasteiger partial charge is 0.496 e. The van der Waals surface area contributed by atoms with Gasteiger partial charge in [0, 0.05) is 6.07 Å². The number of fused-ring (bicyclic) bond motifs is 1. The number of aliphatic hydroxyl groups is 1. The van der Waals surface area contributed by atoms with Crippen LogP contribution >= 0.6 is 0 Å². The number of hydrogen-bond donors (Lipinski definition) is 1. The number of methoxy groups -OCH3 is 1. The molecule has 1 heterocycles. The molecule has 4 heteroatoms. The van der Waals surface area contributed by atoms with Crippen LogP contribution in [0.25, 0.3) is 0 Å². The summed E-state index contributed by atoms with van der Waals surface area (Å²) in [5, 5.41) is 9.27. The number of aryl methyl sites for hydroxylation is 1. The zero-order chi connectivity index (χ0) is 11.5. The van der Waals surface area contributed by atoms with Crippen molar-refractivity contribution < 1.29 is 19.3 Å². The third-order valence-corrected chi connectivity index (χ3v) is 2.61. The van der Waals surface area contributed by atoms with E-state index in [0.717, 1.165) is 29.2 Å². The van der Waals surface area contributed by atoms with Crippen LogP contribution in [-0.2, 0) is 6.42 Å². The molecule has 0 aromatic heterocycles. The minimum Gasteiger partial charge on any atom is -0.496 e. The highest BCUT2D eigenvalue weighted by atomic mass is 16.7. The molecule has 0 saturated heterocycles. The van der Waals surface area contributed by atoms with Crippen molar-refractivity contribution in [1.82, 2.24) is 0 Å². The normalized spacial score (nSPS) is 14.9. The first kappa shape index (κ1) is 11.1. The highest BCUT2D eigenvalue weighted by Gasteiger charge is 2.17. The molecule has 0 spiro atoms. The minimum absolute atomic E-state index is 0.262. The quantitative estimate of drug-likeness (QED) is 0.846. The second-order valence-corrected chi connectivity index (χ2v) is 3.91. The van der Waals surface area contributed by atoms with Crippen molar-refractivity contribution in [3.63, 3.8) is 0 Å². The van der Waals surface area contributed by atoms with Crippen LogP contribution in [0, 0.1) is 0 Å². The molecule has 1 aliphatic heterocycles. The fraction of sp³-hybridized carbons (Fsp3) is 0.500. The molecule has 1 aromatic rings. The van der Waals surface area contributed by atoms with Crippen LogP contribution in [0.3, 0.4) is 0 Å². The molecule has 1 aromatic carbocycles. The highest BCUT2D eigenvalue weighted by Crippen LogP contribution is 2.38. The van der Waals surface area contributed by atoms with Gasteiger partial charge in [-0.1, -0.05) is 0 Å². The molecule has 0 bridgehead atoms. The Hall–Kier alpha value is -1.42. The lowest BCUT2D eigenvalue weighted by Gasteiger charge is -2.10. The van der Waals surface area contributed by atoms with Gasteiger partial charge in [-0.05, 0) is 31.4 Å². The summed E-state index contributed by atoms with van der Waals surface area (Å²) in [6.07, 6.45) is 1.16. The van der Waals surface area contributed by atoms with E-state index in [-0.39, 0.29) is 12.9 Å². The molecule has 1 N–H and O–H groups in total. The Bertz CT molecular complexity index is 374. The molecule has 0 radical (unpaired) electrons. The maximum absolute atomic E-state index is 9.27. The Morgan fingerprint density at radius 2 is 2.06 bits per heavy atom. The average molecular weight is 224 g/mol. The number of aliphatic hydroxyl groups excluding tert-OH is 1. The average Bonchev–Trinajstić information content (AvgIpc) is 2.71. The molecule has 88 valence electrons. The fourth-order valence-corrected chi connectivity index (χ4v) is 1.72. The Morgan fingerprint density at radius 3 is 2.69 bits per heavy atom. The van der Waals surface area contributed by atoms with E-state index in [1.165, 1.54) is 0 Å². The third kappa shape index (κ3) is 2.22. The first-order valence-electron chi connectivity index (χ1n) is 5.35. The summed E-state index contributed by atoms with van der Waals surface area (Å²) in [6, 6.07) is 3.75. The van der Waals surface area contributed by atoms with Crippen LogP contribution < -0.4 is 14.2 Å². The molecule has 16 heavy (non-hydrogen) atoms. The lowest BCUT2D eigenvalue weighted by atomic mass is 10.1. The molecular weight excluding hydrogens is 208 g/mol. The van der Waals surface area contributed by atoms with Crippen molar-refractivity contribution in [1.29, 1.82) is 0 Å². The Morgan fingerprint density at radius 1 is 1.38 bits per heavy atom. The maximum atomic E-state index is 9.27. The molecule has 0 aliphatic carbocycles. The summed E-state index contributed by atoms with van der Waals surface area (Å²) in [6.45, 7) is 2.04. The lowest BCUT2D eigenvalue weighted by molar-refractivity contribution is 0.173. The van der Waals surface area contributed by atoms with E-state index in [1.54, 1.807) is 14.0 Å². The first-order valence-corrected chi connectivity index (χ1v) is 5.35. The van der Waals surface area contributed by atoms with Crippen molar-refractivity contribution in [2.75, 3.05) is 13.9 Å². The Balaban J connectivity index is 2.22. The summed E-state index contributed by atoms with van der Waals surface area (Å²) in [4.78, 5) is 0. The molecule has 0 amide bonds. The van der Waals surface area contributed by atoms with Crippen molar-refractivity contribution in [3.05, 3.63) is 17.7 Å². The summed E-state index contributed by atoms with van der Waals surface area (Å²) in [5.41, 5.74) is 1.03. The van der Waals surface area contributed by atoms with Crippen molar-refractivity contribution in [2.45, 2.75) is 25.9 Å². The van der Waals surface area contributed by atoms with E-state index < -0.39 is 0 Å². The minimum atomic E-state index is -0.310. The lowest BCUT2D eigenvalue weighted by Crippen LogP contribution is -2.02. The van der Waals surface area contributed by atoms with Gasteiger partial charge >= 0.3 is 0 Å². The van der Waals surface area contributed by atoms with Crippen molar-refractivity contribution >= 4 is 0 Å². The van der Waals surface area contributed by atoms with E-state index in [9.17, 15) is 5.11 Å². The molecule has 4 nitrogen and oxygen atoms in total. The van der Waals surface area contributed by atoms with Crippen LogP contribution in [0.15, 0.2) is 12.1 Å². The maximum Gasteiger partial charge on any atom is 0.231 e. The topological polar surface area (TPSA) is 47.9 Å². The smallest absolute Gasteiger partial charge is 0.231 e. The van der Waals surface area contributed by atoms with Crippen LogP contribution in [0.4, 0.5) is 0 Å². The molecule has 1 atom stereocenters. The Kier molecular flexibility index (Phi) is 3.19. The van der Waals surface area contributed by atoms with E-state index >= 15 is 0 Å². The van der Waals surface area contributed by atoms with Crippen LogP contribution in [0.2, 0.25) is 0 Å². The predicted octanol–water partition coefficient (Wildman–Crippen LogP) is 1.74. The van der Waals surface area contributed by atoms with Gasteiger partial charge in [0.1, 0.15) is 5.75 Å². The van der Waals surface area contributed by atoms with Gasteiger partial charge in [-0.2, -0.15) is 0 Å². The van der Waals surface area contributed by atoms with Gasteiger partial charge in [0.05, 0.1) is 13.2 Å². The van der Waals surface area contributed by atoms with Gasteiger partial charge in [-0.15, -0.1) is 0 Å². The molecule has 2 rings (SSSR count). The highest BCUT2D eigenvalue weighted by molar-refractivity contribution is 5.51. The summed E-state index contributed by atoms with van der Waals surface area (Å²) in [5.74, 6) is 2.25. The third-order valence-electron chi connectivity index (χ3n) is 2.61. The van der Waals surface area contributed by atoms with Crippen LogP contribution in [0.5, 0.6) is 17.2 Å². The predicted molar refractivity (Wildman–Crippen MR) is 59.1 cm³/mol. The van der Waals surface area contributed by atoms with Gasteiger partial charge in [-0.25, -0.2) is 0 Å². The first-order chi connectivity index (χ1) is 7.70. The van der Waals surface area contributed by atoms with Crippen molar-refractivity contribution in [3.8, 4) is 17.2 Å². The van der Waals surface area contributed by atoms with Gasteiger partial charge < -0.3 is 19.3 Å². The fourth-order valence-electron chi connectivity index (χ4n) is 1.72. The van der Waals surface area contributed by atoms with Crippen LogP contribution in [0.1, 0.15) is 18.9 Å². The van der Waals surface area contributed by atoms with E-state index in [4.69, 9.17) is 14.2 Å². The van der Waals surface area contributed by atoms with Crippen LogP contribution in [-0.4, -0.2) is 25.1 Å². The molecule has 0 unspecified atom stereocenters. The monoisotopic (exact) mass is 224 g/mol. The number of ether oxygens (including phenoxy) is 3. The standard InChI is InChI=1S/C12H16O4/c1-8(13)3-4-9-5-11-12(16-7-15-11)6-10(9)14-2/h5-6,8,13H,3-4,7H2,1-2H3/t8-/m0/s1. The summed E-state index contributed by atoms with van der Waals surface area (Å²) >= 11 is 0. The Labute approximate surface area is 94.8 Å².